The lowest BCUT2D eigenvalue weighted by Gasteiger charge is -2.18. The van der Waals surface area contributed by atoms with Crippen LogP contribution in [0.1, 0.15) is 18.9 Å². The van der Waals surface area contributed by atoms with Gasteiger partial charge in [-0.2, -0.15) is 5.26 Å². The van der Waals surface area contributed by atoms with Gasteiger partial charge in [-0.1, -0.05) is 13.0 Å². The van der Waals surface area contributed by atoms with Gasteiger partial charge in [0.1, 0.15) is 0 Å². The van der Waals surface area contributed by atoms with E-state index >= 15 is 0 Å². The Balaban J connectivity index is 2.88. The molecule has 84 valence electrons. The number of nitrogens with two attached hydrogens (primary N) is 1. The Morgan fingerprint density at radius 3 is 2.94 bits per heavy atom. The van der Waals surface area contributed by atoms with E-state index in [1.807, 2.05) is 26.1 Å². The number of benzene rings is 1. The van der Waals surface area contributed by atoms with E-state index in [2.05, 4.69) is 11.1 Å². The van der Waals surface area contributed by atoms with Crippen molar-refractivity contribution in [3.63, 3.8) is 0 Å². The molecular weight excluding hydrogens is 200 g/mol. The highest BCUT2D eigenvalue weighted by Gasteiger charge is 2.04. The van der Waals surface area contributed by atoms with Gasteiger partial charge in [0.15, 0.2) is 5.96 Å². The lowest BCUT2D eigenvalue weighted by atomic mass is 10.2. The van der Waals surface area contributed by atoms with Crippen LogP contribution in [-0.4, -0.2) is 19.6 Å². The molecule has 4 heteroatoms. The fourth-order valence-corrected chi connectivity index (χ4v) is 1.25. The first-order valence-electron chi connectivity index (χ1n) is 5.23. The fraction of sp³-hybridized carbons (Fsp3) is 0.333. The molecule has 0 aliphatic heterocycles. The molecule has 4 nitrogen and oxygen atoms in total. The van der Waals surface area contributed by atoms with Crippen molar-refractivity contribution in [1.82, 2.24) is 0 Å². The first kappa shape index (κ1) is 12.1. The first-order valence-corrected chi connectivity index (χ1v) is 5.23. The van der Waals surface area contributed by atoms with E-state index in [0.29, 0.717) is 18.1 Å². The van der Waals surface area contributed by atoms with Crippen LogP contribution in [0.2, 0.25) is 0 Å². The Kier molecular flexibility index (Phi) is 4.34. The molecule has 0 spiro atoms. The van der Waals surface area contributed by atoms with Gasteiger partial charge in [-0.3, -0.25) is 4.99 Å². The predicted octanol–water partition coefficient (Wildman–Crippen LogP) is 1.72. The summed E-state index contributed by atoms with van der Waals surface area (Å²) < 4.78 is 0. The van der Waals surface area contributed by atoms with E-state index in [1.54, 1.807) is 17.0 Å². The molecule has 0 aromatic heterocycles. The summed E-state index contributed by atoms with van der Waals surface area (Å²) in [4.78, 5) is 5.99. The topological polar surface area (TPSA) is 65.4 Å². The zero-order valence-corrected chi connectivity index (χ0v) is 9.64. The van der Waals surface area contributed by atoms with Gasteiger partial charge in [-0.25, -0.2) is 0 Å². The molecule has 1 rings (SSSR count). The number of hydrogen-bond acceptors (Lipinski definition) is 2. The minimum absolute atomic E-state index is 0.469. The second-order valence-corrected chi connectivity index (χ2v) is 3.46. The maximum atomic E-state index is 8.79. The van der Waals surface area contributed by atoms with Gasteiger partial charge in [-0.05, 0) is 24.6 Å². The third-order valence-corrected chi connectivity index (χ3v) is 2.20. The maximum Gasteiger partial charge on any atom is 0.195 e. The molecule has 1 aromatic rings. The molecule has 0 aliphatic rings. The van der Waals surface area contributed by atoms with Crippen LogP contribution in [0.15, 0.2) is 29.3 Å². The van der Waals surface area contributed by atoms with Crippen LogP contribution < -0.4 is 10.6 Å². The molecule has 0 bridgehead atoms. The molecule has 0 heterocycles. The van der Waals surface area contributed by atoms with E-state index in [9.17, 15) is 0 Å². The lowest BCUT2D eigenvalue weighted by molar-refractivity contribution is 0.923. The van der Waals surface area contributed by atoms with Gasteiger partial charge in [0, 0.05) is 19.3 Å². The van der Waals surface area contributed by atoms with Crippen LogP contribution >= 0.6 is 0 Å². The minimum Gasteiger partial charge on any atom is -0.370 e. The van der Waals surface area contributed by atoms with E-state index < -0.39 is 0 Å². The Morgan fingerprint density at radius 1 is 1.56 bits per heavy atom. The summed E-state index contributed by atoms with van der Waals surface area (Å²) in [5, 5.41) is 8.79. The molecule has 2 N–H and O–H groups in total. The molecule has 0 radical (unpaired) electrons. The number of anilines is 1. The lowest BCUT2D eigenvalue weighted by Crippen LogP contribution is -2.34. The van der Waals surface area contributed by atoms with Crippen LogP contribution in [-0.2, 0) is 0 Å². The molecular formula is C12H16N4. The smallest absolute Gasteiger partial charge is 0.195 e. The van der Waals surface area contributed by atoms with Crippen molar-refractivity contribution in [1.29, 1.82) is 5.26 Å². The summed E-state index contributed by atoms with van der Waals surface area (Å²) in [5.41, 5.74) is 7.31. The van der Waals surface area contributed by atoms with Gasteiger partial charge in [-0.15, -0.1) is 0 Å². The van der Waals surface area contributed by atoms with Crippen molar-refractivity contribution in [2.24, 2.45) is 10.7 Å². The SMILES string of the molecule is CCCN=C(N)N(C)c1cccc(C#N)c1. The molecule has 0 saturated heterocycles. The number of hydrogen-bond donors (Lipinski definition) is 1. The zero-order valence-electron chi connectivity index (χ0n) is 9.64. The Morgan fingerprint density at radius 2 is 2.31 bits per heavy atom. The van der Waals surface area contributed by atoms with Crippen LogP contribution in [0.4, 0.5) is 5.69 Å². The minimum atomic E-state index is 0.469. The van der Waals surface area contributed by atoms with E-state index in [4.69, 9.17) is 11.0 Å². The number of nitrogens with zero attached hydrogens (tertiary/aromatic N) is 3. The number of aliphatic imine (C=N–C) groups is 1. The average molecular weight is 216 g/mol. The van der Waals surface area contributed by atoms with Crippen molar-refractivity contribution in [3.05, 3.63) is 29.8 Å². The Hall–Kier alpha value is -2.02. The number of nitriles is 1. The van der Waals surface area contributed by atoms with Crippen LogP contribution in [0.25, 0.3) is 0 Å². The largest absolute Gasteiger partial charge is 0.370 e. The molecule has 16 heavy (non-hydrogen) atoms. The Labute approximate surface area is 96.0 Å². The molecule has 1 aromatic carbocycles. The number of guanidine groups is 1. The van der Waals surface area contributed by atoms with Gasteiger partial charge in [0.25, 0.3) is 0 Å². The van der Waals surface area contributed by atoms with Crippen molar-refractivity contribution in [2.45, 2.75) is 13.3 Å². The number of rotatable bonds is 3. The van der Waals surface area contributed by atoms with Gasteiger partial charge in [0.2, 0.25) is 0 Å². The third kappa shape index (κ3) is 2.99. The highest BCUT2D eigenvalue weighted by molar-refractivity contribution is 5.94. The summed E-state index contributed by atoms with van der Waals surface area (Å²) in [7, 11) is 1.84. The molecule has 0 amide bonds. The van der Waals surface area contributed by atoms with E-state index in [1.165, 1.54) is 0 Å². The van der Waals surface area contributed by atoms with Gasteiger partial charge in [0.05, 0.1) is 11.6 Å². The highest BCUT2D eigenvalue weighted by atomic mass is 15.2. The summed E-state index contributed by atoms with van der Waals surface area (Å²) >= 11 is 0. The third-order valence-electron chi connectivity index (χ3n) is 2.20. The second kappa shape index (κ2) is 5.76. The highest BCUT2D eigenvalue weighted by Crippen LogP contribution is 2.13. The monoisotopic (exact) mass is 216 g/mol. The van der Waals surface area contributed by atoms with Crippen LogP contribution in [0.5, 0.6) is 0 Å². The first-order chi connectivity index (χ1) is 7.69. The summed E-state index contributed by atoms with van der Waals surface area (Å²) in [5.74, 6) is 0.469. The molecule has 0 saturated carbocycles. The van der Waals surface area contributed by atoms with E-state index in [-0.39, 0.29) is 0 Å². The standard InChI is InChI=1S/C12H16N4/c1-3-7-15-12(14)16(2)11-6-4-5-10(8-11)9-13/h4-6,8H,3,7H2,1-2H3,(H2,14,15). The quantitative estimate of drug-likeness (QED) is 0.618. The van der Waals surface area contributed by atoms with Crippen molar-refractivity contribution in [2.75, 3.05) is 18.5 Å². The second-order valence-electron chi connectivity index (χ2n) is 3.46. The van der Waals surface area contributed by atoms with Crippen molar-refractivity contribution >= 4 is 11.6 Å². The summed E-state index contributed by atoms with van der Waals surface area (Å²) in [6.07, 6.45) is 0.965. The average Bonchev–Trinajstić information content (AvgIpc) is 2.35. The van der Waals surface area contributed by atoms with Crippen LogP contribution in [0.3, 0.4) is 0 Å². The summed E-state index contributed by atoms with van der Waals surface area (Å²) in [6, 6.07) is 9.37. The fourth-order valence-electron chi connectivity index (χ4n) is 1.25. The normalized spacial score (nSPS) is 10.9. The van der Waals surface area contributed by atoms with Gasteiger partial charge >= 0.3 is 0 Å². The van der Waals surface area contributed by atoms with Crippen LogP contribution in [0, 0.1) is 11.3 Å². The molecule has 0 fully saturated rings. The van der Waals surface area contributed by atoms with Crippen molar-refractivity contribution < 1.29 is 0 Å². The molecule has 0 aliphatic carbocycles. The zero-order chi connectivity index (χ0) is 12.0. The van der Waals surface area contributed by atoms with Gasteiger partial charge < -0.3 is 10.6 Å². The van der Waals surface area contributed by atoms with E-state index in [0.717, 1.165) is 12.1 Å². The molecule has 0 atom stereocenters. The maximum absolute atomic E-state index is 8.79. The molecule has 0 unspecified atom stereocenters. The Bertz CT molecular complexity index is 417. The summed E-state index contributed by atoms with van der Waals surface area (Å²) in [6.45, 7) is 2.77. The predicted molar refractivity (Wildman–Crippen MR) is 66.3 cm³/mol. The van der Waals surface area contributed by atoms with Crippen molar-refractivity contribution in [3.8, 4) is 6.07 Å².